The van der Waals surface area contributed by atoms with E-state index < -0.39 is 10.0 Å². The summed E-state index contributed by atoms with van der Waals surface area (Å²) in [5.41, 5.74) is 2.01. The van der Waals surface area contributed by atoms with Crippen LogP contribution in [0.15, 0.2) is 46.4 Å². The summed E-state index contributed by atoms with van der Waals surface area (Å²) in [5.74, 6) is 1.11. The molecule has 3 rings (SSSR count). The lowest BCUT2D eigenvalue weighted by molar-refractivity contribution is 0.281. The van der Waals surface area contributed by atoms with Crippen LogP contribution in [-0.2, 0) is 30.2 Å². The van der Waals surface area contributed by atoms with Crippen molar-refractivity contribution in [1.82, 2.24) is 24.7 Å². The first-order valence-corrected chi connectivity index (χ1v) is 11.9. The minimum absolute atomic E-state index is 0.352. The van der Waals surface area contributed by atoms with Crippen LogP contribution < -0.4 is 10.6 Å². The Hall–Kier alpha value is -2.39. The van der Waals surface area contributed by atoms with Crippen LogP contribution in [0, 0.1) is 5.92 Å². The van der Waals surface area contributed by atoms with Gasteiger partial charge in [-0.25, -0.2) is 13.4 Å². The van der Waals surface area contributed by atoms with Gasteiger partial charge in [0.05, 0.1) is 23.7 Å². The van der Waals surface area contributed by atoms with Gasteiger partial charge in [0.15, 0.2) is 5.96 Å². The molecular weight excluding hydrogens is 400 g/mol. The molecule has 1 fully saturated rings. The van der Waals surface area contributed by atoms with Crippen LogP contribution in [0.3, 0.4) is 0 Å². The van der Waals surface area contributed by atoms with Crippen molar-refractivity contribution in [2.45, 2.75) is 44.7 Å². The summed E-state index contributed by atoms with van der Waals surface area (Å²) < 4.78 is 29.2. The van der Waals surface area contributed by atoms with Crippen LogP contribution in [0.25, 0.3) is 0 Å². The highest BCUT2D eigenvalue weighted by molar-refractivity contribution is 7.89. The maximum Gasteiger partial charge on any atom is 0.243 e. The molecule has 1 aliphatic rings. The largest absolute Gasteiger partial charge is 0.357 e. The van der Waals surface area contributed by atoms with Crippen molar-refractivity contribution in [3.63, 3.8) is 0 Å². The molecule has 164 valence electrons. The molecule has 0 aliphatic carbocycles. The number of aryl methyl sites for hydroxylation is 1. The fraction of sp³-hybridized carbons (Fsp3) is 0.524. The number of guanidine groups is 1. The number of sulfonamides is 1. The summed E-state index contributed by atoms with van der Waals surface area (Å²) in [7, 11) is -1.52. The van der Waals surface area contributed by atoms with Crippen molar-refractivity contribution in [3.8, 4) is 0 Å². The zero-order chi connectivity index (χ0) is 21.6. The molecule has 8 nitrogen and oxygen atoms in total. The van der Waals surface area contributed by atoms with Gasteiger partial charge in [-0.3, -0.25) is 4.68 Å². The Balaban J connectivity index is 1.63. The van der Waals surface area contributed by atoms with Crippen LogP contribution in [-0.4, -0.2) is 48.1 Å². The Kier molecular flexibility index (Phi) is 7.49. The summed E-state index contributed by atoms with van der Waals surface area (Å²) >= 11 is 0. The van der Waals surface area contributed by atoms with Crippen LogP contribution in [0.2, 0.25) is 0 Å². The first-order chi connectivity index (χ1) is 14.4. The molecule has 0 radical (unpaired) electrons. The van der Waals surface area contributed by atoms with E-state index in [4.69, 9.17) is 0 Å². The van der Waals surface area contributed by atoms with E-state index >= 15 is 0 Å². The Morgan fingerprint density at radius 2 is 2.00 bits per heavy atom. The topological polar surface area (TPSA) is 91.6 Å². The lowest BCUT2D eigenvalue weighted by Crippen LogP contribution is -2.39. The molecule has 0 amide bonds. The molecule has 1 aromatic carbocycles. The van der Waals surface area contributed by atoms with Gasteiger partial charge < -0.3 is 10.6 Å². The van der Waals surface area contributed by atoms with Gasteiger partial charge in [-0.05, 0) is 49.4 Å². The highest BCUT2D eigenvalue weighted by Crippen LogP contribution is 2.23. The first-order valence-electron chi connectivity index (χ1n) is 10.5. The van der Waals surface area contributed by atoms with E-state index in [0.29, 0.717) is 43.0 Å². The van der Waals surface area contributed by atoms with Gasteiger partial charge in [-0.15, -0.1) is 0 Å². The van der Waals surface area contributed by atoms with Gasteiger partial charge in [-0.1, -0.05) is 19.1 Å². The minimum Gasteiger partial charge on any atom is -0.357 e. The van der Waals surface area contributed by atoms with Gasteiger partial charge in [0.2, 0.25) is 10.0 Å². The Labute approximate surface area is 179 Å². The predicted octanol–water partition coefficient (Wildman–Crippen LogP) is 2.10. The summed E-state index contributed by atoms with van der Waals surface area (Å²) in [6.45, 7) is 7.16. The van der Waals surface area contributed by atoms with E-state index in [1.165, 1.54) is 0 Å². The second-order valence-corrected chi connectivity index (χ2v) is 9.69. The minimum atomic E-state index is -3.42. The lowest BCUT2D eigenvalue weighted by Gasteiger charge is -2.30. The number of aliphatic imine (C=N–C) groups is 1. The number of hydrogen-bond acceptors (Lipinski definition) is 4. The van der Waals surface area contributed by atoms with Crippen molar-refractivity contribution in [2.24, 2.45) is 18.0 Å². The van der Waals surface area contributed by atoms with Gasteiger partial charge in [-0.2, -0.15) is 9.40 Å². The first kappa shape index (κ1) is 22.3. The third-order valence-electron chi connectivity index (χ3n) is 5.30. The number of aromatic nitrogens is 2. The zero-order valence-electron chi connectivity index (χ0n) is 18.0. The maximum atomic E-state index is 12.9. The molecule has 0 spiro atoms. The number of rotatable bonds is 7. The molecule has 2 aromatic rings. The maximum absolute atomic E-state index is 12.9. The fourth-order valence-electron chi connectivity index (χ4n) is 3.54. The standard InChI is InChI=1S/C21H32N6O2S/c1-4-22-21(24-15-19-11-12-25-26(19)3)23-14-18-7-9-20(10-8-18)30(28,29)27-13-5-6-17(2)16-27/h7-12,17H,4-6,13-16H2,1-3H3,(H2,22,23,24). The Bertz CT molecular complexity index is 952. The molecule has 0 saturated carbocycles. The summed E-state index contributed by atoms with van der Waals surface area (Å²) in [4.78, 5) is 4.96. The average Bonchev–Trinajstić information content (AvgIpc) is 3.15. The molecule has 1 aliphatic heterocycles. The number of benzene rings is 1. The molecule has 0 bridgehead atoms. The summed E-state index contributed by atoms with van der Waals surface area (Å²) in [5, 5.41) is 10.7. The molecule has 1 saturated heterocycles. The zero-order valence-corrected chi connectivity index (χ0v) is 18.8. The molecule has 1 unspecified atom stereocenters. The molecule has 9 heteroatoms. The number of nitrogens with zero attached hydrogens (tertiary/aromatic N) is 4. The van der Waals surface area contributed by atoms with Crippen LogP contribution in [0.4, 0.5) is 0 Å². The van der Waals surface area contributed by atoms with E-state index in [-0.39, 0.29) is 0 Å². The van der Waals surface area contributed by atoms with Gasteiger partial charge in [0.1, 0.15) is 0 Å². The Morgan fingerprint density at radius 1 is 1.23 bits per heavy atom. The third kappa shape index (κ3) is 5.60. The highest BCUT2D eigenvalue weighted by Gasteiger charge is 2.28. The lowest BCUT2D eigenvalue weighted by atomic mass is 10.0. The number of piperidine rings is 1. The summed E-state index contributed by atoms with van der Waals surface area (Å²) in [6.07, 6.45) is 3.78. The van der Waals surface area contributed by atoms with E-state index in [0.717, 1.165) is 30.6 Å². The van der Waals surface area contributed by atoms with Gasteiger partial charge in [0.25, 0.3) is 0 Å². The highest BCUT2D eigenvalue weighted by atomic mass is 32.2. The third-order valence-corrected chi connectivity index (χ3v) is 7.18. The van der Waals surface area contributed by atoms with Crippen molar-refractivity contribution >= 4 is 16.0 Å². The molecule has 2 heterocycles. The van der Waals surface area contributed by atoms with Gasteiger partial charge in [0, 0.05) is 32.9 Å². The predicted molar refractivity (Wildman–Crippen MR) is 118 cm³/mol. The molecule has 1 atom stereocenters. The van der Waals surface area contributed by atoms with E-state index in [2.05, 4.69) is 27.6 Å². The smallest absolute Gasteiger partial charge is 0.243 e. The van der Waals surface area contributed by atoms with E-state index in [9.17, 15) is 8.42 Å². The van der Waals surface area contributed by atoms with Crippen molar-refractivity contribution in [1.29, 1.82) is 0 Å². The molecular formula is C21H32N6O2S. The van der Waals surface area contributed by atoms with Crippen molar-refractivity contribution in [3.05, 3.63) is 47.8 Å². The van der Waals surface area contributed by atoms with Gasteiger partial charge >= 0.3 is 0 Å². The van der Waals surface area contributed by atoms with Crippen LogP contribution in [0.5, 0.6) is 0 Å². The fourth-order valence-corrected chi connectivity index (χ4v) is 5.14. The number of nitrogens with one attached hydrogen (secondary N) is 2. The van der Waals surface area contributed by atoms with E-state index in [1.807, 2.05) is 36.9 Å². The van der Waals surface area contributed by atoms with Crippen molar-refractivity contribution < 1.29 is 8.42 Å². The number of hydrogen-bond donors (Lipinski definition) is 2. The molecule has 30 heavy (non-hydrogen) atoms. The molecule has 2 N–H and O–H groups in total. The second kappa shape index (κ2) is 10.1. The second-order valence-electron chi connectivity index (χ2n) is 7.75. The summed E-state index contributed by atoms with van der Waals surface area (Å²) in [6, 6.07) is 9.02. The SMILES string of the molecule is CCNC(=NCc1ccc(S(=O)(=O)N2CCCC(C)C2)cc1)NCc1ccnn1C. The van der Waals surface area contributed by atoms with Crippen LogP contribution in [0.1, 0.15) is 37.9 Å². The molecule has 1 aromatic heterocycles. The quantitative estimate of drug-likeness (QED) is 0.516. The van der Waals surface area contributed by atoms with Crippen molar-refractivity contribution in [2.75, 3.05) is 19.6 Å². The Morgan fingerprint density at radius 3 is 2.63 bits per heavy atom. The van der Waals surface area contributed by atoms with Crippen LogP contribution >= 0.6 is 0 Å². The van der Waals surface area contributed by atoms with E-state index in [1.54, 1.807) is 22.6 Å². The average molecular weight is 433 g/mol. The monoisotopic (exact) mass is 432 g/mol. The normalized spacial score (nSPS) is 18.4.